The van der Waals surface area contributed by atoms with Gasteiger partial charge in [0.1, 0.15) is 5.75 Å². The molecule has 3 rings (SSSR count). The highest BCUT2D eigenvalue weighted by atomic mass is 16.6. The standard InChI is InChI=1S/C28H32N2O8/c1-2-3-4-20-5-10-23(11-6-20)28(32)38-25-14-7-21(8-15-25)9-16-27(31)37-18-17-22-12-13-24(29(33)34)19-26(22)30(35)36/h7-9,12-16,19-20,23H,2-6,10-11,17-18H2,1H3/b16-9+. The third-order valence-electron chi connectivity index (χ3n) is 6.75. The van der Waals surface area contributed by atoms with Gasteiger partial charge < -0.3 is 9.47 Å². The van der Waals surface area contributed by atoms with Crippen molar-refractivity contribution < 1.29 is 28.9 Å². The maximum atomic E-state index is 12.5. The molecule has 10 nitrogen and oxygen atoms in total. The first-order valence-electron chi connectivity index (χ1n) is 12.8. The summed E-state index contributed by atoms with van der Waals surface area (Å²) in [5.41, 5.74) is 0.147. The van der Waals surface area contributed by atoms with Crippen LogP contribution in [0.1, 0.15) is 63.0 Å². The van der Waals surface area contributed by atoms with Crippen LogP contribution in [0, 0.1) is 32.1 Å². The summed E-state index contributed by atoms with van der Waals surface area (Å²) in [6.45, 7) is 2.07. The summed E-state index contributed by atoms with van der Waals surface area (Å²) in [5, 5.41) is 22.0. The summed E-state index contributed by atoms with van der Waals surface area (Å²) in [7, 11) is 0. The number of non-ortho nitro benzene ring substituents is 1. The van der Waals surface area contributed by atoms with E-state index >= 15 is 0 Å². The van der Waals surface area contributed by atoms with Crippen molar-refractivity contribution in [2.24, 2.45) is 11.8 Å². The molecule has 202 valence electrons. The molecule has 0 N–H and O–H groups in total. The number of nitrogens with zero attached hydrogens (tertiary/aromatic N) is 2. The van der Waals surface area contributed by atoms with E-state index in [4.69, 9.17) is 9.47 Å². The van der Waals surface area contributed by atoms with Crippen molar-refractivity contribution in [2.75, 3.05) is 6.61 Å². The normalized spacial score (nSPS) is 17.2. The monoisotopic (exact) mass is 524 g/mol. The molecule has 0 spiro atoms. The minimum Gasteiger partial charge on any atom is -0.462 e. The molecule has 2 aromatic carbocycles. The topological polar surface area (TPSA) is 139 Å². The first-order chi connectivity index (χ1) is 18.3. The SMILES string of the molecule is CCCCC1CCC(C(=O)Oc2ccc(/C=C/C(=O)OCCc3ccc([N+](=O)[O-])cc3[N+](=O)[O-])cc2)CC1. The predicted octanol–water partition coefficient (Wildman–Crippen LogP) is 6.20. The lowest BCUT2D eigenvalue weighted by Gasteiger charge is -2.27. The number of hydrogen-bond acceptors (Lipinski definition) is 8. The maximum absolute atomic E-state index is 12.5. The molecule has 0 atom stereocenters. The predicted molar refractivity (Wildman–Crippen MR) is 140 cm³/mol. The van der Waals surface area contributed by atoms with Gasteiger partial charge in [-0.1, -0.05) is 38.3 Å². The first-order valence-corrected chi connectivity index (χ1v) is 12.8. The molecule has 0 saturated heterocycles. The molecule has 0 aliphatic heterocycles. The molecule has 1 aliphatic carbocycles. The smallest absolute Gasteiger partial charge is 0.330 e. The Labute approximate surface area is 220 Å². The van der Waals surface area contributed by atoms with E-state index in [0.29, 0.717) is 11.3 Å². The highest BCUT2D eigenvalue weighted by molar-refractivity contribution is 5.87. The fourth-order valence-electron chi connectivity index (χ4n) is 4.55. The molecular formula is C28H32N2O8. The third kappa shape index (κ3) is 8.50. The van der Waals surface area contributed by atoms with Gasteiger partial charge >= 0.3 is 11.9 Å². The van der Waals surface area contributed by atoms with Gasteiger partial charge in [-0.25, -0.2) is 4.79 Å². The van der Waals surface area contributed by atoms with E-state index < -0.39 is 21.5 Å². The van der Waals surface area contributed by atoms with E-state index in [1.807, 2.05) is 0 Å². The Morgan fingerprint density at radius 1 is 1.00 bits per heavy atom. The number of esters is 2. The number of carbonyl (C=O) groups excluding carboxylic acids is 2. The molecule has 0 amide bonds. The van der Waals surface area contributed by atoms with Crippen LogP contribution in [-0.2, 0) is 20.7 Å². The lowest BCUT2D eigenvalue weighted by Crippen LogP contribution is -2.25. The minimum atomic E-state index is -0.710. The second-order valence-electron chi connectivity index (χ2n) is 9.43. The van der Waals surface area contributed by atoms with Crippen LogP contribution in [0.5, 0.6) is 5.75 Å². The van der Waals surface area contributed by atoms with Crippen LogP contribution < -0.4 is 4.74 Å². The lowest BCUT2D eigenvalue weighted by atomic mass is 9.80. The number of hydrogen-bond donors (Lipinski definition) is 0. The molecule has 2 aromatic rings. The van der Waals surface area contributed by atoms with Crippen molar-refractivity contribution in [3.63, 3.8) is 0 Å². The number of nitro benzene ring substituents is 2. The molecule has 1 aliphatic rings. The number of carbonyl (C=O) groups is 2. The van der Waals surface area contributed by atoms with Gasteiger partial charge in [0.05, 0.1) is 28.4 Å². The van der Waals surface area contributed by atoms with Crippen LogP contribution in [0.25, 0.3) is 6.08 Å². The largest absolute Gasteiger partial charge is 0.462 e. The van der Waals surface area contributed by atoms with Crippen molar-refractivity contribution in [3.05, 3.63) is 79.9 Å². The van der Waals surface area contributed by atoms with Crippen molar-refractivity contribution in [2.45, 2.75) is 58.3 Å². The second-order valence-corrected chi connectivity index (χ2v) is 9.43. The van der Waals surface area contributed by atoms with Crippen LogP contribution >= 0.6 is 0 Å². The summed E-state index contributed by atoms with van der Waals surface area (Å²) in [6, 6.07) is 10.1. The van der Waals surface area contributed by atoms with Gasteiger partial charge in [-0.2, -0.15) is 0 Å². The summed E-state index contributed by atoms with van der Waals surface area (Å²) in [5.74, 6) is 0.276. The fraction of sp³-hybridized carbons (Fsp3) is 0.429. The van der Waals surface area contributed by atoms with Crippen molar-refractivity contribution in [1.82, 2.24) is 0 Å². The maximum Gasteiger partial charge on any atom is 0.330 e. The summed E-state index contributed by atoms with van der Waals surface area (Å²) < 4.78 is 10.7. The zero-order chi connectivity index (χ0) is 27.5. The van der Waals surface area contributed by atoms with E-state index in [1.165, 1.54) is 37.5 Å². The molecule has 0 bridgehead atoms. The quantitative estimate of drug-likeness (QED) is 0.105. The van der Waals surface area contributed by atoms with Crippen LogP contribution in [0.15, 0.2) is 48.5 Å². The van der Waals surface area contributed by atoms with Gasteiger partial charge in [-0.3, -0.25) is 25.0 Å². The van der Waals surface area contributed by atoms with E-state index in [1.54, 1.807) is 30.3 Å². The number of nitro groups is 2. The Morgan fingerprint density at radius 3 is 2.34 bits per heavy atom. The summed E-state index contributed by atoms with van der Waals surface area (Å²) >= 11 is 0. The first kappa shape index (κ1) is 28.5. The molecule has 1 fully saturated rings. The van der Waals surface area contributed by atoms with Crippen molar-refractivity contribution in [1.29, 1.82) is 0 Å². The molecule has 10 heteroatoms. The van der Waals surface area contributed by atoms with Gasteiger partial charge in [-0.15, -0.1) is 0 Å². The number of rotatable bonds is 12. The van der Waals surface area contributed by atoms with Crippen LogP contribution in [0.4, 0.5) is 11.4 Å². The highest BCUT2D eigenvalue weighted by Gasteiger charge is 2.27. The average Bonchev–Trinajstić information content (AvgIpc) is 2.91. The van der Waals surface area contributed by atoms with Crippen LogP contribution in [0.3, 0.4) is 0 Å². The molecule has 0 heterocycles. The van der Waals surface area contributed by atoms with Gasteiger partial charge in [0.25, 0.3) is 11.4 Å². The molecule has 38 heavy (non-hydrogen) atoms. The van der Waals surface area contributed by atoms with Crippen molar-refractivity contribution >= 4 is 29.4 Å². The summed E-state index contributed by atoms with van der Waals surface area (Å²) in [6.07, 6.45) is 10.4. The molecular weight excluding hydrogens is 492 g/mol. The van der Waals surface area contributed by atoms with E-state index in [9.17, 15) is 29.8 Å². The highest BCUT2D eigenvalue weighted by Crippen LogP contribution is 2.33. The summed E-state index contributed by atoms with van der Waals surface area (Å²) in [4.78, 5) is 45.2. The van der Waals surface area contributed by atoms with E-state index in [0.717, 1.165) is 37.7 Å². The van der Waals surface area contributed by atoms with E-state index in [2.05, 4.69) is 6.92 Å². The molecule has 0 unspecified atom stereocenters. The van der Waals surface area contributed by atoms with Gasteiger partial charge in [0.2, 0.25) is 0 Å². The van der Waals surface area contributed by atoms with Crippen molar-refractivity contribution in [3.8, 4) is 5.75 Å². The number of unbranched alkanes of at least 4 members (excludes halogenated alkanes) is 1. The number of ether oxygens (including phenoxy) is 2. The Kier molecular flexibility index (Phi) is 10.5. The van der Waals surface area contributed by atoms with Gasteiger partial charge in [0.15, 0.2) is 0 Å². The average molecular weight is 525 g/mol. The minimum absolute atomic E-state index is 0.0361. The molecule has 0 aromatic heterocycles. The molecule has 0 radical (unpaired) electrons. The third-order valence-corrected chi connectivity index (χ3v) is 6.75. The Morgan fingerprint density at radius 2 is 1.71 bits per heavy atom. The fourth-order valence-corrected chi connectivity index (χ4v) is 4.55. The van der Waals surface area contributed by atoms with Crippen LogP contribution in [-0.4, -0.2) is 28.4 Å². The zero-order valence-corrected chi connectivity index (χ0v) is 21.4. The Balaban J connectivity index is 1.44. The Bertz CT molecular complexity index is 1170. The van der Waals surface area contributed by atoms with Gasteiger partial charge in [0, 0.05) is 24.1 Å². The molecule has 1 saturated carbocycles. The second kappa shape index (κ2) is 14.0. The lowest BCUT2D eigenvalue weighted by molar-refractivity contribution is -0.394. The number of benzene rings is 2. The van der Waals surface area contributed by atoms with Gasteiger partial charge in [-0.05, 0) is 61.4 Å². The zero-order valence-electron chi connectivity index (χ0n) is 21.4. The Hall–Kier alpha value is -4.08. The van der Waals surface area contributed by atoms with Crippen LogP contribution in [0.2, 0.25) is 0 Å². The van der Waals surface area contributed by atoms with E-state index in [-0.39, 0.29) is 36.2 Å².